The van der Waals surface area contributed by atoms with Crippen molar-refractivity contribution in [3.8, 4) is 0 Å². The van der Waals surface area contributed by atoms with Crippen molar-refractivity contribution in [2.75, 3.05) is 20.3 Å². The molecule has 36 heavy (non-hydrogen) atoms. The maximum atomic E-state index is 14.7. The molecule has 5 nitrogen and oxygen atoms in total. The number of hydrogen-bond acceptors (Lipinski definition) is 5. The first kappa shape index (κ1) is 24.6. The van der Waals surface area contributed by atoms with E-state index >= 15 is 0 Å². The number of carbonyl (C=O) groups is 2. The van der Waals surface area contributed by atoms with Gasteiger partial charge in [0.1, 0.15) is 5.41 Å². The second kappa shape index (κ2) is 9.42. The number of rotatable bonds is 6. The molecule has 1 saturated carbocycles. The molecule has 0 bridgehead atoms. The van der Waals surface area contributed by atoms with Crippen LogP contribution >= 0.6 is 0 Å². The van der Waals surface area contributed by atoms with Gasteiger partial charge in [-0.2, -0.15) is 0 Å². The zero-order valence-electron chi connectivity index (χ0n) is 21.9. The topological polar surface area (TPSA) is 55.8 Å². The Hall–Kier alpha value is -3.08. The summed E-state index contributed by atoms with van der Waals surface area (Å²) in [5.74, 6) is -0.720. The van der Waals surface area contributed by atoms with Crippen LogP contribution in [0.4, 0.5) is 0 Å². The Morgan fingerprint density at radius 1 is 0.944 bits per heavy atom. The van der Waals surface area contributed by atoms with Crippen LogP contribution in [0.1, 0.15) is 63.1 Å². The zero-order valence-corrected chi connectivity index (χ0v) is 21.9. The molecule has 3 atom stereocenters. The summed E-state index contributed by atoms with van der Waals surface area (Å²) in [4.78, 5) is 30.6. The number of ether oxygens (including phenoxy) is 2. The Balaban J connectivity index is 1.91. The van der Waals surface area contributed by atoms with Gasteiger partial charge in [0.25, 0.3) is 0 Å². The molecule has 5 rings (SSSR count). The first-order chi connectivity index (χ1) is 17.4. The number of nitrogens with zero attached hydrogens (tertiary/aromatic N) is 1. The number of fused-ring (bicyclic) bond motifs is 2. The van der Waals surface area contributed by atoms with Crippen molar-refractivity contribution in [1.29, 1.82) is 0 Å². The van der Waals surface area contributed by atoms with Gasteiger partial charge < -0.3 is 14.4 Å². The van der Waals surface area contributed by atoms with Crippen LogP contribution in [0.2, 0.25) is 0 Å². The normalized spacial score (nSPS) is 27.6. The third kappa shape index (κ3) is 3.21. The molecule has 190 valence electrons. The maximum absolute atomic E-state index is 14.7. The highest BCUT2D eigenvalue weighted by Crippen LogP contribution is 2.66. The van der Waals surface area contributed by atoms with Gasteiger partial charge in [-0.25, -0.2) is 4.79 Å². The van der Waals surface area contributed by atoms with Crippen molar-refractivity contribution in [3.05, 3.63) is 82.6 Å². The summed E-state index contributed by atoms with van der Waals surface area (Å²) < 4.78 is 11.7. The van der Waals surface area contributed by atoms with E-state index in [1.54, 1.807) is 0 Å². The van der Waals surface area contributed by atoms with Crippen LogP contribution in [0.5, 0.6) is 0 Å². The van der Waals surface area contributed by atoms with Crippen molar-refractivity contribution in [2.45, 2.75) is 63.8 Å². The molecule has 1 aliphatic heterocycles. The minimum Gasteiger partial charge on any atom is -0.465 e. The SMILES string of the molecule is CCOC(=O)C1=C(C)N(C)[C@@]2(Cc3ccccc32)[C@](C(=O)OCC)(c2ccccc2)[C@H]1C1CCCC1. The van der Waals surface area contributed by atoms with Crippen LogP contribution in [-0.2, 0) is 36.4 Å². The highest BCUT2D eigenvalue weighted by atomic mass is 16.5. The molecule has 0 aromatic heterocycles. The predicted octanol–water partition coefficient (Wildman–Crippen LogP) is 5.53. The lowest BCUT2D eigenvalue weighted by molar-refractivity contribution is -0.168. The molecule has 2 aromatic rings. The fourth-order valence-electron chi connectivity index (χ4n) is 7.56. The molecule has 5 heteroatoms. The average Bonchev–Trinajstić information content (AvgIpc) is 3.40. The number of esters is 2. The van der Waals surface area contributed by atoms with Crippen LogP contribution in [-0.4, -0.2) is 37.1 Å². The van der Waals surface area contributed by atoms with E-state index in [1.807, 2.05) is 46.0 Å². The minimum absolute atomic E-state index is 0.183. The third-order valence-corrected chi connectivity index (χ3v) is 9.00. The van der Waals surface area contributed by atoms with Gasteiger partial charge in [0.2, 0.25) is 0 Å². The molecular formula is C31H37NO4. The maximum Gasteiger partial charge on any atom is 0.336 e. The van der Waals surface area contributed by atoms with Crippen LogP contribution in [0.25, 0.3) is 0 Å². The summed E-state index contributed by atoms with van der Waals surface area (Å²) in [6.07, 6.45) is 4.88. The molecular weight excluding hydrogens is 450 g/mol. The Labute approximate surface area is 214 Å². The van der Waals surface area contributed by atoms with Crippen LogP contribution in [0.15, 0.2) is 65.9 Å². The van der Waals surface area contributed by atoms with Gasteiger partial charge in [-0.1, -0.05) is 67.4 Å². The van der Waals surface area contributed by atoms with Gasteiger partial charge in [-0.3, -0.25) is 4.79 Å². The average molecular weight is 488 g/mol. The third-order valence-electron chi connectivity index (χ3n) is 9.00. The summed E-state index contributed by atoms with van der Waals surface area (Å²) in [6, 6.07) is 18.5. The Morgan fingerprint density at radius 2 is 1.58 bits per heavy atom. The monoisotopic (exact) mass is 487 g/mol. The molecule has 3 aliphatic rings. The molecule has 0 radical (unpaired) electrons. The second-order valence-corrected chi connectivity index (χ2v) is 10.4. The van der Waals surface area contributed by atoms with Crippen molar-refractivity contribution < 1.29 is 19.1 Å². The molecule has 2 aliphatic carbocycles. The Kier molecular flexibility index (Phi) is 6.44. The van der Waals surface area contributed by atoms with Gasteiger partial charge >= 0.3 is 11.9 Å². The highest BCUT2D eigenvalue weighted by Gasteiger charge is 2.73. The molecule has 0 unspecified atom stereocenters. The van der Waals surface area contributed by atoms with Crippen molar-refractivity contribution in [2.24, 2.45) is 11.8 Å². The molecule has 1 fully saturated rings. The largest absolute Gasteiger partial charge is 0.465 e. The lowest BCUT2D eigenvalue weighted by Crippen LogP contribution is -2.73. The second-order valence-electron chi connectivity index (χ2n) is 10.4. The molecule has 1 spiro atoms. The number of likely N-dealkylation sites (N-methyl/N-ethyl adjacent to an activating group) is 1. The molecule has 0 saturated heterocycles. The molecule has 0 amide bonds. The van der Waals surface area contributed by atoms with E-state index in [4.69, 9.17) is 9.47 Å². The van der Waals surface area contributed by atoms with Crippen molar-refractivity contribution in [3.63, 3.8) is 0 Å². The van der Waals surface area contributed by atoms with Gasteiger partial charge in [-0.15, -0.1) is 0 Å². The van der Waals surface area contributed by atoms with E-state index < -0.39 is 11.0 Å². The summed E-state index contributed by atoms with van der Waals surface area (Å²) in [5.41, 5.74) is 3.08. The number of carbonyl (C=O) groups excluding carboxylic acids is 2. The molecule has 0 N–H and O–H groups in total. The number of benzene rings is 2. The standard InChI is InChI=1S/C31H37NO4/c1-5-35-28(33)26-21(3)32(4)30(20-23-16-12-13-19-25(23)30)31(29(34)36-6-2,24-17-8-7-9-18-24)27(26)22-14-10-11-15-22/h7-9,12-13,16-19,22,27H,5-6,10-11,14-15,20H2,1-4H3/t27-,30+,31+/m0/s1. The summed E-state index contributed by atoms with van der Waals surface area (Å²) in [5, 5.41) is 0. The lowest BCUT2D eigenvalue weighted by Gasteiger charge is -2.66. The van der Waals surface area contributed by atoms with Crippen molar-refractivity contribution >= 4 is 11.9 Å². The number of hydrogen-bond donors (Lipinski definition) is 0. The van der Waals surface area contributed by atoms with E-state index in [1.165, 1.54) is 5.56 Å². The van der Waals surface area contributed by atoms with E-state index in [-0.39, 0.29) is 30.4 Å². The minimum atomic E-state index is -1.09. The van der Waals surface area contributed by atoms with E-state index in [2.05, 4.69) is 41.3 Å². The summed E-state index contributed by atoms with van der Waals surface area (Å²) in [7, 11) is 2.03. The summed E-state index contributed by atoms with van der Waals surface area (Å²) >= 11 is 0. The smallest absolute Gasteiger partial charge is 0.336 e. The summed E-state index contributed by atoms with van der Waals surface area (Å²) in [6.45, 7) is 6.30. The van der Waals surface area contributed by atoms with Crippen molar-refractivity contribution in [1.82, 2.24) is 4.90 Å². The van der Waals surface area contributed by atoms with Gasteiger partial charge in [0.15, 0.2) is 0 Å². The first-order valence-electron chi connectivity index (χ1n) is 13.4. The van der Waals surface area contributed by atoms with Crippen LogP contribution in [0, 0.1) is 11.8 Å². The van der Waals surface area contributed by atoms with Gasteiger partial charge in [0, 0.05) is 25.1 Å². The Morgan fingerprint density at radius 3 is 2.22 bits per heavy atom. The highest BCUT2D eigenvalue weighted by molar-refractivity contribution is 5.96. The van der Waals surface area contributed by atoms with Crippen LogP contribution in [0.3, 0.4) is 0 Å². The zero-order chi connectivity index (χ0) is 25.5. The number of allylic oxidation sites excluding steroid dienone is 1. The van der Waals surface area contributed by atoms with Gasteiger partial charge in [-0.05, 0) is 56.2 Å². The fraction of sp³-hybridized carbons (Fsp3) is 0.484. The van der Waals surface area contributed by atoms with Crippen LogP contribution < -0.4 is 0 Å². The van der Waals surface area contributed by atoms with E-state index in [0.29, 0.717) is 18.6 Å². The quantitative estimate of drug-likeness (QED) is 0.502. The lowest BCUT2D eigenvalue weighted by atomic mass is 9.44. The van der Waals surface area contributed by atoms with Gasteiger partial charge in [0.05, 0.1) is 24.3 Å². The molecule has 1 heterocycles. The predicted molar refractivity (Wildman–Crippen MR) is 139 cm³/mol. The Bertz CT molecular complexity index is 1180. The first-order valence-corrected chi connectivity index (χ1v) is 13.4. The molecule has 2 aromatic carbocycles. The fourth-order valence-corrected chi connectivity index (χ4v) is 7.56. The van der Waals surface area contributed by atoms with E-state index in [0.717, 1.165) is 42.5 Å². The van der Waals surface area contributed by atoms with E-state index in [9.17, 15) is 9.59 Å².